The van der Waals surface area contributed by atoms with E-state index in [1.54, 1.807) is 0 Å². The van der Waals surface area contributed by atoms with Crippen molar-refractivity contribution in [3.05, 3.63) is 35.4 Å². The normalized spacial score (nSPS) is 21.9. The van der Waals surface area contributed by atoms with Crippen molar-refractivity contribution in [2.24, 2.45) is 0 Å². The van der Waals surface area contributed by atoms with E-state index >= 15 is 0 Å². The quantitative estimate of drug-likeness (QED) is 0.768. The number of hydrogen-bond donors (Lipinski definition) is 0. The highest BCUT2D eigenvalue weighted by molar-refractivity contribution is 5.86. The van der Waals surface area contributed by atoms with E-state index in [-0.39, 0.29) is 11.4 Å². The van der Waals surface area contributed by atoms with Crippen LogP contribution in [0.4, 0.5) is 0 Å². The SMILES string of the molecule is COC(=O)C1(c2ccc(C3CCCCC3)cc2)CC1. The molecule has 0 aromatic heterocycles. The lowest BCUT2D eigenvalue weighted by Crippen LogP contribution is -2.21. The monoisotopic (exact) mass is 258 g/mol. The molecule has 0 amide bonds. The second kappa shape index (κ2) is 4.99. The Bertz CT molecular complexity index is 451. The van der Waals surface area contributed by atoms with Crippen molar-refractivity contribution in [1.29, 1.82) is 0 Å². The van der Waals surface area contributed by atoms with E-state index in [0.717, 1.165) is 24.3 Å². The minimum Gasteiger partial charge on any atom is -0.468 e. The summed E-state index contributed by atoms with van der Waals surface area (Å²) >= 11 is 0. The Hall–Kier alpha value is -1.31. The van der Waals surface area contributed by atoms with Crippen LogP contribution in [0.25, 0.3) is 0 Å². The molecule has 0 radical (unpaired) electrons. The summed E-state index contributed by atoms with van der Waals surface area (Å²) < 4.78 is 4.94. The lowest BCUT2D eigenvalue weighted by molar-refractivity contribution is -0.143. The van der Waals surface area contributed by atoms with Gasteiger partial charge in [0.1, 0.15) is 0 Å². The Kier molecular flexibility index (Phi) is 3.34. The summed E-state index contributed by atoms with van der Waals surface area (Å²) in [5.41, 5.74) is 2.27. The van der Waals surface area contributed by atoms with Crippen LogP contribution in [-0.2, 0) is 14.9 Å². The van der Waals surface area contributed by atoms with E-state index in [4.69, 9.17) is 4.74 Å². The van der Waals surface area contributed by atoms with Crippen LogP contribution in [0, 0.1) is 0 Å². The van der Waals surface area contributed by atoms with Crippen LogP contribution in [0.5, 0.6) is 0 Å². The van der Waals surface area contributed by atoms with Crippen molar-refractivity contribution in [3.63, 3.8) is 0 Å². The van der Waals surface area contributed by atoms with E-state index in [1.165, 1.54) is 44.8 Å². The van der Waals surface area contributed by atoms with Crippen molar-refractivity contribution < 1.29 is 9.53 Å². The standard InChI is InChI=1S/C17H22O2/c1-19-16(18)17(11-12-17)15-9-7-14(8-10-15)13-5-3-2-4-6-13/h7-10,13H,2-6,11-12H2,1H3. The molecule has 0 spiro atoms. The summed E-state index contributed by atoms with van der Waals surface area (Å²) in [4.78, 5) is 11.9. The van der Waals surface area contributed by atoms with Gasteiger partial charge in [-0.15, -0.1) is 0 Å². The maximum absolute atomic E-state index is 11.9. The fraction of sp³-hybridized carbons (Fsp3) is 0.588. The van der Waals surface area contributed by atoms with Gasteiger partial charge in [0.2, 0.25) is 0 Å². The number of benzene rings is 1. The molecule has 2 aliphatic carbocycles. The molecule has 0 N–H and O–H groups in total. The highest BCUT2D eigenvalue weighted by Gasteiger charge is 2.52. The van der Waals surface area contributed by atoms with Gasteiger partial charge in [0.15, 0.2) is 0 Å². The average molecular weight is 258 g/mol. The van der Waals surface area contributed by atoms with Crippen LogP contribution in [0.15, 0.2) is 24.3 Å². The lowest BCUT2D eigenvalue weighted by Gasteiger charge is -2.22. The summed E-state index contributed by atoms with van der Waals surface area (Å²) in [6.07, 6.45) is 8.62. The molecule has 102 valence electrons. The number of rotatable bonds is 3. The maximum Gasteiger partial charge on any atom is 0.316 e. The largest absolute Gasteiger partial charge is 0.468 e. The summed E-state index contributed by atoms with van der Waals surface area (Å²) in [7, 11) is 1.48. The highest BCUT2D eigenvalue weighted by Crippen LogP contribution is 2.49. The molecular weight excluding hydrogens is 236 g/mol. The van der Waals surface area contributed by atoms with Gasteiger partial charge in [-0.3, -0.25) is 4.79 Å². The van der Waals surface area contributed by atoms with E-state index in [2.05, 4.69) is 24.3 Å². The molecule has 0 saturated heterocycles. The Labute approximate surface area is 115 Å². The summed E-state index contributed by atoms with van der Waals surface area (Å²) in [5, 5.41) is 0. The second-order valence-corrected chi connectivity index (χ2v) is 6.03. The Morgan fingerprint density at radius 1 is 1.11 bits per heavy atom. The molecule has 2 aliphatic rings. The molecule has 19 heavy (non-hydrogen) atoms. The van der Waals surface area contributed by atoms with Gasteiger partial charge in [-0.05, 0) is 42.7 Å². The third-order valence-corrected chi connectivity index (χ3v) is 4.87. The predicted molar refractivity (Wildman–Crippen MR) is 75.2 cm³/mol. The van der Waals surface area contributed by atoms with Crippen LogP contribution in [0.2, 0.25) is 0 Å². The first-order valence-electron chi connectivity index (χ1n) is 7.45. The molecular formula is C17H22O2. The number of methoxy groups -OCH3 is 1. The van der Waals surface area contributed by atoms with Crippen molar-refractivity contribution >= 4 is 5.97 Å². The van der Waals surface area contributed by atoms with Crippen LogP contribution < -0.4 is 0 Å². The molecule has 0 heterocycles. The molecule has 2 heteroatoms. The molecule has 2 saturated carbocycles. The number of ether oxygens (including phenoxy) is 1. The van der Waals surface area contributed by atoms with Gasteiger partial charge < -0.3 is 4.74 Å². The van der Waals surface area contributed by atoms with Crippen molar-refractivity contribution in [3.8, 4) is 0 Å². The fourth-order valence-electron chi connectivity index (χ4n) is 3.44. The Balaban J connectivity index is 1.77. The number of hydrogen-bond acceptors (Lipinski definition) is 2. The van der Waals surface area contributed by atoms with E-state index in [9.17, 15) is 4.79 Å². The van der Waals surface area contributed by atoms with Gasteiger partial charge in [0.25, 0.3) is 0 Å². The van der Waals surface area contributed by atoms with Gasteiger partial charge >= 0.3 is 5.97 Å². The first-order chi connectivity index (χ1) is 9.26. The molecule has 0 aliphatic heterocycles. The minimum absolute atomic E-state index is 0.0714. The summed E-state index contributed by atoms with van der Waals surface area (Å²) in [6.45, 7) is 0. The highest BCUT2D eigenvalue weighted by atomic mass is 16.5. The smallest absolute Gasteiger partial charge is 0.316 e. The Morgan fingerprint density at radius 3 is 2.26 bits per heavy atom. The van der Waals surface area contributed by atoms with Crippen LogP contribution in [-0.4, -0.2) is 13.1 Å². The first kappa shape index (κ1) is 12.7. The molecule has 3 rings (SSSR count). The number of carbonyl (C=O) groups is 1. The van der Waals surface area contributed by atoms with Crippen LogP contribution >= 0.6 is 0 Å². The van der Waals surface area contributed by atoms with Gasteiger partial charge in [-0.25, -0.2) is 0 Å². The van der Waals surface area contributed by atoms with Crippen molar-refractivity contribution in [2.45, 2.75) is 56.3 Å². The molecule has 2 nitrogen and oxygen atoms in total. The van der Waals surface area contributed by atoms with Crippen LogP contribution in [0.3, 0.4) is 0 Å². The van der Waals surface area contributed by atoms with Crippen molar-refractivity contribution in [2.75, 3.05) is 7.11 Å². The Morgan fingerprint density at radius 2 is 1.74 bits per heavy atom. The summed E-state index contributed by atoms with van der Waals surface area (Å²) in [6, 6.07) is 8.75. The minimum atomic E-state index is -0.320. The third kappa shape index (κ3) is 2.29. The topological polar surface area (TPSA) is 26.3 Å². The van der Waals surface area contributed by atoms with E-state index < -0.39 is 0 Å². The molecule has 0 unspecified atom stereocenters. The van der Waals surface area contributed by atoms with Gasteiger partial charge in [0, 0.05) is 0 Å². The van der Waals surface area contributed by atoms with Gasteiger partial charge in [-0.2, -0.15) is 0 Å². The van der Waals surface area contributed by atoms with E-state index in [0.29, 0.717) is 0 Å². The zero-order valence-electron chi connectivity index (χ0n) is 11.7. The maximum atomic E-state index is 11.9. The zero-order chi connectivity index (χ0) is 13.3. The second-order valence-electron chi connectivity index (χ2n) is 6.03. The molecule has 1 aromatic carbocycles. The molecule has 1 aromatic rings. The number of carbonyl (C=O) groups excluding carboxylic acids is 1. The molecule has 2 fully saturated rings. The number of esters is 1. The van der Waals surface area contributed by atoms with Crippen molar-refractivity contribution in [1.82, 2.24) is 0 Å². The summed E-state index contributed by atoms with van der Waals surface area (Å²) in [5.74, 6) is 0.661. The predicted octanol–water partition coefficient (Wildman–Crippen LogP) is 3.94. The molecule has 0 bridgehead atoms. The fourth-order valence-corrected chi connectivity index (χ4v) is 3.44. The average Bonchev–Trinajstić information content (AvgIpc) is 3.29. The lowest BCUT2D eigenvalue weighted by atomic mass is 9.83. The van der Waals surface area contributed by atoms with E-state index in [1.807, 2.05) is 0 Å². The molecule has 0 atom stereocenters. The van der Waals surface area contributed by atoms with Gasteiger partial charge in [0.05, 0.1) is 12.5 Å². The van der Waals surface area contributed by atoms with Gasteiger partial charge in [-0.1, -0.05) is 43.5 Å². The third-order valence-electron chi connectivity index (χ3n) is 4.87. The van der Waals surface area contributed by atoms with Crippen LogP contribution in [0.1, 0.15) is 62.0 Å². The zero-order valence-corrected chi connectivity index (χ0v) is 11.7. The first-order valence-corrected chi connectivity index (χ1v) is 7.45.